The van der Waals surface area contributed by atoms with Crippen LogP contribution in [0.2, 0.25) is 0 Å². The van der Waals surface area contributed by atoms with E-state index in [9.17, 15) is 0 Å². The van der Waals surface area contributed by atoms with Crippen LogP contribution in [0, 0.1) is 0 Å². The molecule has 0 aliphatic rings. The summed E-state index contributed by atoms with van der Waals surface area (Å²) >= 11 is 0. The average molecular weight is 594 g/mol. The van der Waals surface area contributed by atoms with E-state index in [1.165, 1.54) is 0 Å². The van der Waals surface area contributed by atoms with Crippen LogP contribution in [-0.2, 0) is 0 Å². The SMILES string of the molecule is c1cnc2c(c1)ccc1cc(-c3nc(-n4c5ncccc5c5cccnc54)nc(-n4c5ncccc5c5cccnc54)n3)cnc12. The lowest BCUT2D eigenvalue weighted by Gasteiger charge is -2.11. The van der Waals surface area contributed by atoms with Crippen molar-refractivity contribution >= 4 is 65.9 Å². The molecular weight excluding hydrogens is 574 g/mol. The Bertz CT molecular complexity index is 2600. The average Bonchev–Trinajstić information content (AvgIpc) is 3.64. The van der Waals surface area contributed by atoms with Crippen molar-refractivity contribution in [3.63, 3.8) is 0 Å². The lowest BCUT2D eigenvalue weighted by molar-refractivity contribution is 0.875. The monoisotopic (exact) mass is 593 g/mol. The zero-order chi connectivity index (χ0) is 30.2. The van der Waals surface area contributed by atoms with Crippen molar-refractivity contribution in [1.82, 2.24) is 54.0 Å². The van der Waals surface area contributed by atoms with Crippen molar-refractivity contribution < 1.29 is 0 Å². The van der Waals surface area contributed by atoms with E-state index in [1.54, 1.807) is 37.2 Å². The van der Waals surface area contributed by atoms with Gasteiger partial charge in [0.25, 0.3) is 0 Å². The minimum Gasteiger partial charge on any atom is -0.254 e. The summed E-state index contributed by atoms with van der Waals surface area (Å²) in [7, 11) is 0. The van der Waals surface area contributed by atoms with Crippen molar-refractivity contribution in [2.45, 2.75) is 0 Å². The first kappa shape index (κ1) is 24.7. The van der Waals surface area contributed by atoms with Gasteiger partial charge in [0, 0.05) is 75.1 Å². The largest absolute Gasteiger partial charge is 0.254 e. The van der Waals surface area contributed by atoms with Crippen LogP contribution in [0.5, 0.6) is 0 Å². The number of nitrogens with zero attached hydrogens (tertiary/aromatic N) is 11. The Morgan fingerprint density at radius 1 is 0.413 bits per heavy atom. The zero-order valence-electron chi connectivity index (χ0n) is 23.9. The summed E-state index contributed by atoms with van der Waals surface area (Å²) in [6.45, 7) is 0. The highest BCUT2D eigenvalue weighted by molar-refractivity contribution is 6.07. The number of pyridine rings is 6. The van der Waals surface area contributed by atoms with Crippen LogP contribution < -0.4 is 0 Å². The quantitative estimate of drug-likeness (QED) is 0.214. The molecule has 9 heterocycles. The predicted octanol–water partition coefficient (Wildman–Crippen LogP) is 6.41. The van der Waals surface area contributed by atoms with E-state index in [2.05, 4.69) is 4.98 Å². The van der Waals surface area contributed by atoms with Crippen LogP contribution in [0.1, 0.15) is 0 Å². The zero-order valence-corrected chi connectivity index (χ0v) is 23.9. The number of hydrogen-bond donors (Lipinski definition) is 0. The molecule has 0 aliphatic heterocycles. The second kappa shape index (κ2) is 9.37. The van der Waals surface area contributed by atoms with Gasteiger partial charge in [-0.1, -0.05) is 18.2 Å². The second-order valence-corrected chi connectivity index (χ2v) is 10.9. The Balaban J connectivity index is 1.30. The topological polar surface area (TPSA) is 126 Å². The molecule has 214 valence electrons. The van der Waals surface area contributed by atoms with E-state index < -0.39 is 0 Å². The fourth-order valence-electron chi connectivity index (χ4n) is 6.26. The molecule has 46 heavy (non-hydrogen) atoms. The maximum Gasteiger partial charge on any atom is 0.242 e. The lowest BCUT2D eigenvalue weighted by atomic mass is 10.1. The highest BCUT2D eigenvalue weighted by Gasteiger charge is 2.22. The fraction of sp³-hybridized carbons (Fsp3) is 0. The number of hydrogen-bond acceptors (Lipinski definition) is 9. The Morgan fingerprint density at radius 2 is 0.870 bits per heavy atom. The normalized spacial score (nSPS) is 11.9. The van der Waals surface area contributed by atoms with Gasteiger partial charge < -0.3 is 0 Å². The molecule has 10 aromatic rings. The summed E-state index contributed by atoms with van der Waals surface area (Å²) < 4.78 is 3.75. The predicted molar refractivity (Wildman–Crippen MR) is 176 cm³/mol. The number of rotatable bonds is 3. The van der Waals surface area contributed by atoms with Crippen LogP contribution in [0.25, 0.3) is 89.2 Å². The molecule has 9 aromatic heterocycles. The van der Waals surface area contributed by atoms with Crippen LogP contribution >= 0.6 is 0 Å². The molecule has 1 aromatic carbocycles. The highest BCUT2D eigenvalue weighted by Crippen LogP contribution is 2.32. The third-order valence-electron chi connectivity index (χ3n) is 8.27. The van der Waals surface area contributed by atoms with E-state index >= 15 is 0 Å². The smallest absolute Gasteiger partial charge is 0.242 e. The summed E-state index contributed by atoms with van der Waals surface area (Å²) in [6.07, 6.45) is 10.6. The van der Waals surface area contributed by atoms with Crippen molar-refractivity contribution in [1.29, 1.82) is 0 Å². The number of benzene rings is 1. The maximum absolute atomic E-state index is 5.06. The molecule has 0 amide bonds. The molecule has 0 saturated heterocycles. The summed E-state index contributed by atoms with van der Waals surface area (Å²) in [5.41, 5.74) is 5.12. The van der Waals surface area contributed by atoms with Gasteiger partial charge in [0.2, 0.25) is 11.9 Å². The Hall–Kier alpha value is -6.75. The second-order valence-electron chi connectivity index (χ2n) is 10.9. The van der Waals surface area contributed by atoms with Crippen molar-refractivity contribution in [3.05, 3.63) is 116 Å². The molecule has 0 aliphatic carbocycles. The van der Waals surface area contributed by atoms with Crippen molar-refractivity contribution in [2.75, 3.05) is 0 Å². The van der Waals surface area contributed by atoms with Crippen LogP contribution in [-0.4, -0.2) is 54.0 Å². The molecule has 0 bridgehead atoms. The Morgan fingerprint density at radius 3 is 1.41 bits per heavy atom. The van der Waals surface area contributed by atoms with Crippen molar-refractivity contribution in [3.8, 4) is 23.3 Å². The van der Waals surface area contributed by atoms with E-state index in [-0.39, 0.29) is 0 Å². The van der Waals surface area contributed by atoms with Gasteiger partial charge in [-0.15, -0.1) is 0 Å². The lowest BCUT2D eigenvalue weighted by Crippen LogP contribution is -2.11. The Labute approximate surface area is 259 Å². The van der Waals surface area contributed by atoms with Gasteiger partial charge in [-0.3, -0.25) is 9.97 Å². The van der Waals surface area contributed by atoms with Gasteiger partial charge in [-0.2, -0.15) is 15.0 Å². The minimum absolute atomic E-state index is 0.361. The molecule has 11 heteroatoms. The molecule has 0 N–H and O–H groups in total. The third kappa shape index (κ3) is 3.50. The molecule has 0 spiro atoms. The molecule has 0 fully saturated rings. The Kier molecular flexibility index (Phi) is 5.03. The van der Waals surface area contributed by atoms with Crippen LogP contribution in [0.15, 0.2) is 116 Å². The number of aromatic nitrogens is 11. The minimum atomic E-state index is 0.361. The van der Waals surface area contributed by atoms with Gasteiger partial charge in [0.05, 0.1) is 11.0 Å². The van der Waals surface area contributed by atoms with Gasteiger partial charge in [0.1, 0.15) is 22.6 Å². The highest BCUT2D eigenvalue weighted by atomic mass is 15.3. The van der Waals surface area contributed by atoms with Crippen molar-refractivity contribution in [2.24, 2.45) is 0 Å². The third-order valence-corrected chi connectivity index (χ3v) is 8.27. The molecule has 10 rings (SSSR count). The first-order valence-corrected chi connectivity index (χ1v) is 14.6. The molecule has 11 nitrogen and oxygen atoms in total. The summed E-state index contributed by atoms with van der Waals surface area (Å²) in [5, 5.41) is 5.73. The fourth-order valence-corrected chi connectivity index (χ4v) is 6.26. The summed E-state index contributed by atoms with van der Waals surface area (Å²) in [5.74, 6) is 1.15. The van der Waals surface area contributed by atoms with Crippen LogP contribution in [0.4, 0.5) is 0 Å². The van der Waals surface area contributed by atoms with E-state index in [0.717, 1.165) is 48.9 Å². The first-order chi connectivity index (χ1) is 22.8. The van der Waals surface area contributed by atoms with Crippen LogP contribution in [0.3, 0.4) is 0 Å². The number of fused-ring (bicyclic) bond motifs is 9. The van der Waals surface area contributed by atoms with E-state index in [4.69, 9.17) is 39.9 Å². The molecule has 0 unspecified atom stereocenters. The van der Waals surface area contributed by atoms with E-state index in [0.29, 0.717) is 40.3 Å². The van der Waals surface area contributed by atoms with Gasteiger partial charge in [0.15, 0.2) is 5.82 Å². The van der Waals surface area contributed by atoms with Gasteiger partial charge in [-0.05, 0) is 60.7 Å². The summed E-state index contributed by atoms with van der Waals surface area (Å²) in [6, 6.07) is 25.8. The summed E-state index contributed by atoms with van der Waals surface area (Å²) in [4.78, 5) is 43.5. The maximum atomic E-state index is 5.06. The standard InChI is InChI=1S/C35H19N11/c1-6-20-11-12-21-18-22(19-41-28(21)27(20)36-13-1)29-42-34(45-30-23(7-2-14-37-30)24-8-3-15-38-31(24)45)44-35(43-29)46-32-25(9-4-16-39-32)26-10-5-17-40-33(26)46/h1-19H. The van der Waals surface area contributed by atoms with Gasteiger partial charge >= 0.3 is 0 Å². The first-order valence-electron chi connectivity index (χ1n) is 14.6. The molecule has 0 saturated carbocycles. The van der Waals surface area contributed by atoms with E-state index in [1.807, 2.05) is 88.0 Å². The molecule has 0 radical (unpaired) electrons. The van der Waals surface area contributed by atoms with Gasteiger partial charge in [-0.25, -0.2) is 29.1 Å². The molecule has 0 atom stereocenters. The molecular formula is C35H19N11.